The van der Waals surface area contributed by atoms with Crippen LogP contribution in [0.1, 0.15) is 36.0 Å². The van der Waals surface area contributed by atoms with Gasteiger partial charge in [-0.2, -0.15) is 5.26 Å². The predicted octanol–water partition coefficient (Wildman–Crippen LogP) is 4.92. The number of rotatable bonds is 6. The van der Waals surface area contributed by atoms with E-state index in [1.807, 2.05) is 30.3 Å². The maximum Gasteiger partial charge on any atom is 0.407 e. The summed E-state index contributed by atoms with van der Waals surface area (Å²) in [6.07, 6.45) is -0.0923. The van der Waals surface area contributed by atoms with Gasteiger partial charge in [0.1, 0.15) is 0 Å². The summed E-state index contributed by atoms with van der Waals surface area (Å²) in [5, 5.41) is 20.8. The van der Waals surface area contributed by atoms with E-state index in [2.05, 4.69) is 6.07 Å². The average Bonchev–Trinajstić information content (AvgIpc) is 2.88. The molecule has 2 amide bonds. The Morgan fingerprint density at radius 2 is 1.89 bits per heavy atom. The molecule has 0 saturated carbocycles. The second kappa shape index (κ2) is 10.2. The van der Waals surface area contributed by atoms with Crippen molar-refractivity contribution in [3.8, 4) is 11.8 Å². The Balaban J connectivity index is 1.61. The summed E-state index contributed by atoms with van der Waals surface area (Å²) in [7, 11) is 3.10. The Kier molecular flexibility index (Phi) is 7.11. The SMILES string of the molecule is COc1ccc(C2(CC(=O)N(C)Cc3cc(C#N)cc4ccccc34)CCN(C(=O)O)CC2)cc1F. The third kappa shape index (κ3) is 4.96. The average molecular weight is 490 g/mol. The lowest BCUT2D eigenvalue weighted by molar-refractivity contribution is -0.132. The summed E-state index contributed by atoms with van der Waals surface area (Å²) in [4.78, 5) is 27.9. The second-order valence-electron chi connectivity index (χ2n) is 9.29. The largest absolute Gasteiger partial charge is 0.494 e. The van der Waals surface area contributed by atoms with Gasteiger partial charge in [0.2, 0.25) is 5.91 Å². The molecule has 1 N–H and O–H groups in total. The monoisotopic (exact) mass is 489 g/mol. The summed E-state index contributed by atoms with van der Waals surface area (Å²) in [6, 6.07) is 18.2. The van der Waals surface area contributed by atoms with Crippen LogP contribution in [0, 0.1) is 17.1 Å². The molecule has 0 radical (unpaired) electrons. The van der Waals surface area contributed by atoms with E-state index in [0.29, 0.717) is 30.5 Å². The Labute approximate surface area is 209 Å². The van der Waals surface area contributed by atoms with Gasteiger partial charge in [0.25, 0.3) is 0 Å². The minimum Gasteiger partial charge on any atom is -0.494 e. The van der Waals surface area contributed by atoms with Gasteiger partial charge >= 0.3 is 6.09 Å². The highest BCUT2D eigenvalue weighted by Gasteiger charge is 2.40. The van der Waals surface area contributed by atoms with Crippen LogP contribution in [0.25, 0.3) is 10.8 Å². The molecular formula is C28H28FN3O4. The molecular weight excluding hydrogens is 461 g/mol. The summed E-state index contributed by atoms with van der Waals surface area (Å²) < 4.78 is 19.7. The maximum absolute atomic E-state index is 14.6. The fraction of sp³-hybridized carbons (Fsp3) is 0.321. The third-order valence-corrected chi connectivity index (χ3v) is 7.15. The molecule has 0 aromatic heterocycles. The van der Waals surface area contributed by atoms with E-state index in [1.165, 1.54) is 18.1 Å². The Bertz CT molecular complexity index is 1340. The van der Waals surface area contributed by atoms with Crippen LogP contribution in [0.3, 0.4) is 0 Å². The fourth-order valence-corrected chi connectivity index (χ4v) is 5.04. The highest BCUT2D eigenvalue weighted by molar-refractivity contribution is 5.87. The number of piperidine rings is 1. The first-order valence-electron chi connectivity index (χ1n) is 11.7. The normalized spacial score (nSPS) is 14.8. The van der Waals surface area contributed by atoms with Crippen molar-refractivity contribution in [1.29, 1.82) is 5.26 Å². The number of carbonyl (C=O) groups excluding carboxylic acids is 1. The first-order chi connectivity index (χ1) is 17.3. The summed E-state index contributed by atoms with van der Waals surface area (Å²) in [6.45, 7) is 0.826. The third-order valence-electron chi connectivity index (χ3n) is 7.15. The number of hydrogen-bond acceptors (Lipinski definition) is 4. The Hall–Kier alpha value is -4.12. The van der Waals surface area contributed by atoms with Crippen molar-refractivity contribution in [3.05, 3.63) is 77.1 Å². The predicted molar refractivity (Wildman–Crippen MR) is 133 cm³/mol. The van der Waals surface area contributed by atoms with E-state index in [9.17, 15) is 24.3 Å². The van der Waals surface area contributed by atoms with Gasteiger partial charge in [0.15, 0.2) is 11.6 Å². The zero-order valence-corrected chi connectivity index (χ0v) is 20.3. The minimum absolute atomic E-state index is 0.110. The lowest BCUT2D eigenvalue weighted by Crippen LogP contribution is -2.47. The standard InChI is InChI=1S/C28H28FN3O4/c1-31(18-21-14-19(17-30)13-20-5-3-4-6-23(20)21)26(33)16-28(9-11-32(12-10-28)27(34)35)22-7-8-25(36-2)24(29)15-22/h3-8,13-15H,9-12,16,18H2,1-2H3,(H,34,35). The van der Waals surface area contributed by atoms with E-state index in [4.69, 9.17) is 4.74 Å². The van der Waals surface area contributed by atoms with E-state index in [0.717, 1.165) is 16.3 Å². The summed E-state index contributed by atoms with van der Waals surface area (Å²) in [5.41, 5.74) is 1.34. The number of likely N-dealkylation sites (tertiary alicyclic amines) is 1. The van der Waals surface area contributed by atoms with Gasteiger partial charge in [-0.1, -0.05) is 30.3 Å². The molecule has 0 atom stereocenters. The fourth-order valence-electron chi connectivity index (χ4n) is 5.04. The van der Waals surface area contributed by atoms with Crippen molar-refractivity contribution in [3.63, 3.8) is 0 Å². The van der Waals surface area contributed by atoms with Crippen molar-refractivity contribution < 1.29 is 23.8 Å². The van der Waals surface area contributed by atoms with Crippen molar-refractivity contribution in [2.24, 2.45) is 0 Å². The Morgan fingerprint density at radius 3 is 2.53 bits per heavy atom. The van der Waals surface area contributed by atoms with Crippen LogP contribution in [-0.4, -0.2) is 54.2 Å². The molecule has 4 rings (SSSR count). The zero-order chi connectivity index (χ0) is 25.9. The number of carboxylic acid groups (broad SMARTS) is 1. The minimum atomic E-state index is -1.00. The first kappa shape index (κ1) is 25.0. The van der Waals surface area contributed by atoms with E-state index in [-0.39, 0.29) is 31.2 Å². The molecule has 8 heteroatoms. The molecule has 0 spiro atoms. The molecule has 1 aliphatic rings. The van der Waals surface area contributed by atoms with Crippen LogP contribution in [0.2, 0.25) is 0 Å². The highest BCUT2D eigenvalue weighted by Crippen LogP contribution is 2.40. The number of hydrogen-bond donors (Lipinski definition) is 1. The van der Waals surface area contributed by atoms with Gasteiger partial charge in [0, 0.05) is 38.5 Å². The quantitative estimate of drug-likeness (QED) is 0.531. The molecule has 1 aliphatic heterocycles. The van der Waals surface area contributed by atoms with Crippen LogP contribution >= 0.6 is 0 Å². The molecule has 1 fully saturated rings. The molecule has 3 aromatic carbocycles. The molecule has 0 unspecified atom stereocenters. The van der Waals surface area contributed by atoms with Gasteiger partial charge in [0.05, 0.1) is 18.7 Å². The van der Waals surface area contributed by atoms with Gasteiger partial charge in [-0.05, 0) is 59.0 Å². The van der Waals surface area contributed by atoms with Gasteiger partial charge in [-0.3, -0.25) is 4.79 Å². The van der Waals surface area contributed by atoms with E-state index < -0.39 is 17.3 Å². The number of carbonyl (C=O) groups is 2. The van der Waals surface area contributed by atoms with E-state index >= 15 is 0 Å². The van der Waals surface area contributed by atoms with Gasteiger partial charge < -0.3 is 19.6 Å². The molecule has 1 saturated heterocycles. The van der Waals surface area contributed by atoms with Crippen LogP contribution in [0.15, 0.2) is 54.6 Å². The number of nitriles is 1. The highest BCUT2D eigenvalue weighted by atomic mass is 19.1. The van der Waals surface area contributed by atoms with Crippen LogP contribution < -0.4 is 4.74 Å². The van der Waals surface area contributed by atoms with Crippen molar-refractivity contribution in [2.75, 3.05) is 27.2 Å². The lowest BCUT2D eigenvalue weighted by atomic mass is 9.70. The molecule has 186 valence electrons. The number of nitrogens with zero attached hydrogens (tertiary/aromatic N) is 3. The lowest BCUT2D eigenvalue weighted by Gasteiger charge is -2.41. The Morgan fingerprint density at radius 1 is 1.17 bits per heavy atom. The topological polar surface area (TPSA) is 93.9 Å². The maximum atomic E-state index is 14.6. The van der Waals surface area contributed by atoms with Crippen molar-refractivity contribution in [1.82, 2.24) is 9.80 Å². The van der Waals surface area contributed by atoms with Gasteiger partial charge in [-0.15, -0.1) is 0 Å². The molecule has 3 aromatic rings. The second-order valence-corrected chi connectivity index (χ2v) is 9.29. The molecule has 1 heterocycles. The zero-order valence-electron chi connectivity index (χ0n) is 20.3. The number of halogens is 1. The number of fused-ring (bicyclic) bond motifs is 1. The number of ether oxygens (including phenoxy) is 1. The molecule has 0 bridgehead atoms. The van der Waals surface area contributed by atoms with Crippen molar-refractivity contribution >= 4 is 22.8 Å². The molecule has 36 heavy (non-hydrogen) atoms. The summed E-state index contributed by atoms with van der Waals surface area (Å²) >= 11 is 0. The van der Waals surface area contributed by atoms with E-state index in [1.54, 1.807) is 30.1 Å². The first-order valence-corrected chi connectivity index (χ1v) is 11.7. The van der Waals surface area contributed by atoms with Crippen molar-refractivity contribution in [2.45, 2.75) is 31.2 Å². The van der Waals surface area contributed by atoms with Crippen LogP contribution in [0.4, 0.5) is 9.18 Å². The van der Waals surface area contributed by atoms with Gasteiger partial charge in [-0.25, -0.2) is 9.18 Å². The smallest absolute Gasteiger partial charge is 0.407 e. The number of benzene rings is 3. The molecule has 7 nitrogen and oxygen atoms in total. The summed E-state index contributed by atoms with van der Waals surface area (Å²) in [5.74, 6) is -0.540. The van der Waals surface area contributed by atoms with Crippen LogP contribution in [-0.2, 0) is 16.8 Å². The number of amides is 2. The molecule has 0 aliphatic carbocycles. The number of methoxy groups -OCH3 is 1. The van der Waals surface area contributed by atoms with Crippen LogP contribution in [0.5, 0.6) is 5.75 Å².